The molecule has 0 bridgehead atoms. The van der Waals surface area contributed by atoms with Gasteiger partial charge in [0.15, 0.2) is 6.61 Å². The fraction of sp³-hybridized carbons (Fsp3) is 0.611. The first-order valence-corrected chi connectivity index (χ1v) is 8.55. The summed E-state index contributed by atoms with van der Waals surface area (Å²) in [5.41, 5.74) is 6.87. The lowest BCUT2D eigenvalue weighted by atomic mass is 9.79. The maximum Gasteiger partial charge on any atom is 0.341 e. The van der Waals surface area contributed by atoms with E-state index in [1.165, 1.54) is 12.8 Å². The molecule has 0 aromatic heterocycles. The number of carboxylic acids is 1. The number of hydrogen-bond acceptors (Lipinski definition) is 4. The van der Waals surface area contributed by atoms with E-state index in [9.17, 15) is 4.79 Å². The summed E-state index contributed by atoms with van der Waals surface area (Å²) in [5, 5.41) is 8.81. The number of hydrogen-bond donors (Lipinski definition) is 2. The molecule has 1 aromatic rings. The molecule has 1 saturated carbocycles. The van der Waals surface area contributed by atoms with Gasteiger partial charge in [0.2, 0.25) is 0 Å². The van der Waals surface area contributed by atoms with Gasteiger partial charge in [-0.1, -0.05) is 18.2 Å². The number of carbonyl (C=O) groups is 1. The molecule has 1 aliphatic heterocycles. The van der Waals surface area contributed by atoms with E-state index in [2.05, 4.69) is 11.0 Å². The van der Waals surface area contributed by atoms with Gasteiger partial charge in [-0.25, -0.2) is 4.79 Å². The molecule has 1 heterocycles. The van der Waals surface area contributed by atoms with Gasteiger partial charge in [-0.3, -0.25) is 4.90 Å². The van der Waals surface area contributed by atoms with Crippen LogP contribution in [0, 0.1) is 5.92 Å². The molecule has 5 heteroatoms. The molecule has 5 nitrogen and oxygen atoms in total. The van der Waals surface area contributed by atoms with Crippen LogP contribution in [0.15, 0.2) is 24.3 Å². The lowest BCUT2D eigenvalue weighted by Crippen LogP contribution is -2.55. The van der Waals surface area contributed by atoms with Gasteiger partial charge in [0.05, 0.1) is 0 Å². The van der Waals surface area contributed by atoms with Crippen molar-refractivity contribution in [1.29, 1.82) is 0 Å². The zero-order valence-corrected chi connectivity index (χ0v) is 13.5. The van der Waals surface area contributed by atoms with Crippen molar-refractivity contribution in [1.82, 2.24) is 4.90 Å². The first-order valence-electron chi connectivity index (χ1n) is 8.55. The number of rotatable bonds is 6. The van der Waals surface area contributed by atoms with E-state index in [-0.39, 0.29) is 6.61 Å². The van der Waals surface area contributed by atoms with Crippen molar-refractivity contribution in [3.05, 3.63) is 29.8 Å². The van der Waals surface area contributed by atoms with Crippen LogP contribution in [0.25, 0.3) is 0 Å². The van der Waals surface area contributed by atoms with Gasteiger partial charge in [0.1, 0.15) is 5.75 Å². The van der Waals surface area contributed by atoms with Gasteiger partial charge in [-0.15, -0.1) is 0 Å². The first kappa shape index (κ1) is 16.3. The Balaban J connectivity index is 1.56. The second kappa shape index (κ2) is 7.32. The largest absolute Gasteiger partial charge is 0.482 e. The van der Waals surface area contributed by atoms with Crippen LogP contribution in [-0.2, 0) is 4.79 Å². The Morgan fingerprint density at radius 2 is 1.91 bits per heavy atom. The van der Waals surface area contributed by atoms with Crippen LogP contribution in [-0.4, -0.2) is 48.3 Å². The number of ether oxygens (including phenoxy) is 1. The summed E-state index contributed by atoms with van der Waals surface area (Å²) < 4.78 is 5.46. The average molecular weight is 318 g/mol. The van der Waals surface area contributed by atoms with Gasteiger partial charge >= 0.3 is 5.97 Å². The molecule has 23 heavy (non-hydrogen) atoms. The summed E-state index contributed by atoms with van der Waals surface area (Å²) in [6, 6.07) is 8.57. The van der Waals surface area contributed by atoms with Crippen LogP contribution < -0.4 is 10.5 Å². The summed E-state index contributed by atoms with van der Waals surface area (Å²) in [4.78, 5) is 13.3. The molecular weight excluding hydrogens is 292 g/mol. The second-order valence-corrected chi connectivity index (χ2v) is 6.78. The monoisotopic (exact) mass is 318 g/mol. The van der Waals surface area contributed by atoms with E-state index in [0.717, 1.165) is 43.8 Å². The predicted molar refractivity (Wildman–Crippen MR) is 88.7 cm³/mol. The van der Waals surface area contributed by atoms with Crippen molar-refractivity contribution in [2.45, 2.75) is 37.6 Å². The third-order valence-electron chi connectivity index (χ3n) is 5.24. The zero-order chi connectivity index (χ0) is 16.2. The summed E-state index contributed by atoms with van der Waals surface area (Å²) >= 11 is 0. The Labute approximate surface area is 137 Å². The Hall–Kier alpha value is -1.59. The van der Waals surface area contributed by atoms with Crippen LogP contribution in [0.1, 0.15) is 37.2 Å². The molecule has 1 aliphatic carbocycles. The number of carboxylic acid groups (broad SMARTS) is 1. The normalized spacial score (nSPS) is 25.8. The minimum atomic E-state index is -0.934. The fourth-order valence-electron chi connectivity index (χ4n) is 3.90. The van der Waals surface area contributed by atoms with Crippen molar-refractivity contribution in [2.75, 3.05) is 26.2 Å². The highest BCUT2D eigenvalue weighted by molar-refractivity contribution is 5.68. The van der Waals surface area contributed by atoms with Crippen molar-refractivity contribution >= 4 is 5.97 Å². The zero-order valence-electron chi connectivity index (χ0n) is 13.5. The molecule has 126 valence electrons. The molecule has 3 N–H and O–H groups in total. The smallest absolute Gasteiger partial charge is 0.341 e. The Bertz CT molecular complexity index is 535. The molecule has 0 spiro atoms. The lowest BCUT2D eigenvalue weighted by Gasteiger charge is -2.46. The standard InChI is InChI=1S/C18H26N2O3/c19-9-13-10-20(11-13)15-7-5-14(6-8-15)16-3-1-2-4-17(16)23-12-18(21)22/h1-4,13-15H,5-12,19H2,(H,21,22). The van der Waals surface area contributed by atoms with E-state index in [0.29, 0.717) is 17.9 Å². The van der Waals surface area contributed by atoms with E-state index in [1.54, 1.807) is 0 Å². The Morgan fingerprint density at radius 1 is 1.22 bits per heavy atom. The summed E-state index contributed by atoms with van der Waals surface area (Å²) in [6.07, 6.45) is 4.69. The summed E-state index contributed by atoms with van der Waals surface area (Å²) in [7, 11) is 0. The van der Waals surface area contributed by atoms with Crippen LogP contribution >= 0.6 is 0 Å². The maximum absolute atomic E-state index is 10.7. The third kappa shape index (κ3) is 3.85. The van der Waals surface area contributed by atoms with Gasteiger partial charge in [-0.2, -0.15) is 0 Å². The summed E-state index contributed by atoms with van der Waals surface area (Å²) in [5.74, 6) is 0.960. The molecule has 0 radical (unpaired) electrons. The highest BCUT2D eigenvalue weighted by Crippen LogP contribution is 2.39. The lowest BCUT2D eigenvalue weighted by molar-refractivity contribution is -0.139. The third-order valence-corrected chi connectivity index (χ3v) is 5.24. The number of nitrogens with zero attached hydrogens (tertiary/aromatic N) is 1. The van der Waals surface area contributed by atoms with E-state index in [1.807, 2.05) is 18.2 Å². The van der Waals surface area contributed by atoms with E-state index >= 15 is 0 Å². The van der Waals surface area contributed by atoms with Crippen LogP contribution in [0.2, 0.25) is 0 Å². The maximum atomic E-state index is 10.7. The minimum Gasteiger partial charge on any atom is -0.482 e. The van der Waals surface area contributed by atoms with Gasteiger partial charge < -0.3 is 15.6 Å². The molecule has 1 saturated heterocycles. The minimum absolute atomic E-state index is 0.277. The SMILES string of the molecule is NCC1CN(C2CCC(c3ccccc3OCC(=O)O)CC2)C1. The number of para-hydroxylation sites is 1. The second-order valence-electron chi connectivity index (χ2n) is 6.78. The van der Waals surface area contributed by atoms with Crippen LogP contribution in [0.5, 0.6) is 5.75 Å². The van der Waals surface area contributed by atoms with Gasteiger partial charge in [0, 0.05) is 19.1 Å². The van der Waals surface area contributed by atoms with E-state index < -0.39 is 5.97 Å². The molecule has 1 aromatic carbocycles. The molecule has 0 amide bonds. The quantitative estimate of drug-likeness (QED) is 0.840. The highest BCUT2D eigenvalue weighted by atomic mass is 16.5. The number of likely N-dealkylation sites (tertiary alicyclic amines) is 1. The van der Waals surface area contributed by atoms with Crippen LogP contribution in [0.3, 0.4) is 0 Å². The molecule has 0 unspecified atom stereocenters. The number of benzene rings is 1. The van der Waals surface area contributed by atoms with E-state index in [4.69, 9.17) is 15.6 Å². The predicted octanol–water partition coefficient (Wildman–Crippen LogP) is 2.07. The molecular formula is C18H26N2O3. The number of aliphatic carboxylic acids is 1. The Morgan fingerprint density at radius 3 is 2.57 bits per heavy atom. The summed E-state index contributed by atoms with van der Waals surface area (Å²) in [6.45, 7) is 2.84. The number of nitrogens with two attached hydrogens (primary N) is 1. The molecule has 2 fully saturated rings. The highest BCUT2D eigenvalue weighted by Gasteiger charge is 2.34. The van der Waals surface area contributed by atoms with Gasteiger partial charge in [0.25, 0.3) is 0 Å². The van der Waals surface area contributed by atoms with Gasteiger partial charge in [-0.05, 0) is 55.7 Å². The van der Waals surface area contributed by atoms with Crippen molar-refractivity contribution < 1.29 is 14.6 Å². The van der Waals surface area contributed by atoms with Crippen LogP contribution in [0.4, 0.5) is 0 Å². The van der Waals surface area contributed by atoms with Crippen molar-refractivity contribution in [3.8, 4) is 5.75 Å². The first-order chi connectivity index (χ1) is 11.2. The fourth-order valence-corrected chi connectivity index (χ4v) is 3.90. The molecule has 0 atom stereocenters. The van der Waals surface area contributed by atoms with Crippen molar-refractivity contribution in [2.24, 2.45) is 11.7 Å². The van der Waals surface area contributed by atoms with Crippen molar-refractivity contribution in [3.63, 3.8) is 0 Å². The topological polar surface area (TPSA) is 75.8 Å². The molecule has 3 rings (SSSR count). The average Bonchev–Trinajstić information content (AvgIpc) is 2.53. The molecule has 2 aliphatic rings. The Kier molecular flexibility index (Phi) is 5.18.